The molecule has 0 saturated carbocycles. The number of rotatable bonds is 0. The second-order valence-corrected chi connectivity index (χ2v) is 1.19. The fraction of sp³-hybridized carbons (Fsp3) is 0. The molecule has 0 unspecified atom stereocenters. The van der Waals surface area contributed by atoms with Crippen LogP contribution in [0.1, 0.15) is 0 Å². The molecule has 50 valence electrons. The van der Waals surface area contributed by atoms with Gasteiger partial charge < -0.3 is 9.89 Å². The molecule has 0 radical (unpaired) electrons. The molecule has 0 fully saturated rings. The summed E-state index contributed by atoms with van der Waals surface area (Å²) in [6.07, 6.45) is 1.23. The van der Waals surface area contributed by atoms with Gasteiger partial charge in [0.2, 0.25) is 0 Å². The molecule has 0 aliphatic heterocycles. The molecule has 1 aromatic rings. The summed E-state index contributed by atoms with van der Waals surface area (Å²) < 4.78 is 4.01. The van der Waals surface area contributed by atoms with Crippen molar-refractivity contribution in [3.63, 3.8) is 0 Å². The highest BCUT2D eigenvalue weighted by Gasteiger charge is 1.81. The third-order valence-electron chi connectivity index (χ3n) is 0.614. The van der Waals surface area contributed by atoms with Gasteiger partial charge in [0, 0.05) is 12.3 Å². The van der Waals surface area contributed by atoms with Gasteiger partial charge in [-0.05, 0) is 0 Å². The first-order valence-electron chi connectivity index (χ1n) is 1.98. The van der Waals surface area contributed by atoms with Gasteiger partial charge in [0.25, 0.3) is 0 Å². The van der Waals surface area contributed by atoms with Crippen molar-refractivity contribution in [2.75, 3.05) is 0 Å². The second kappa shape index (κ2) is 2.83. The minimum absolute atomic E-state index is 0. The number of H-pyrrole nitrogens is 1. The molecule has 5 heteroatoms. The lowest BCUT2D eigenvalue weighted by atomic mass is 10.7. The van der Waals surface area contributed by atoms with E-state index in [1.807, 2.05) is 0 Å². The van der Waals surface area contributed by atoms with E-state index in [0.717, 1.165) is 6.07 Å². The van der Waals surface area contributed by atoms with E-state index < -0.39 is 11.4 Å². The number of aromatic amines is 1. The van der Waals surface area contributed by atoms with Crippen molar-refractivity contribution in [3.8, 4) is 0 Å². The van der Waals surface area contributed by atoms with E-state index in [4.69, 9.17) is 0 Å². The zero-order chi connectivity index (χ0) is 5.98. The normalized spacial score (nSPS) is 8.00. The number of aromatic nitrogens is 1. The Kier molecular flexibility index (Phi) is 2.40. The van der Waals surface area contributed by atoms with Crippen LogP contribution in [0.3, 0.4) is 0 Å². The summed E-state index contributed by atoms with van der Waals surface area (Å²) in [6, 6.07) is 1.13. The van der Waals surface area contributed by atoms with Gasteiger partial charge in [0.15, 0.2) is 0 Å². The van der Waals surface area contributed by atoms with E-state index in [0.29, 0.717) is 0 Å². The minimum atomic E-state index is -0.725. The number of nitrogens with one attached hydrogen (secondary N) is 1. The zero-order valence-electron chi connectivity index (χ0n) is 4.38. The molecule has 1 rings (SSSR count). The summed E-state index contributed by atoms with van der Waals surface area (Å²) in [6.45, 7) is 0. The Morgan fingerprint density at radius 3 is 2.44 bits per heavy atom. The smallest absolute Gasteiger partial charge is 0.412 e. The van der Waals surface area contributed by atoms with E-state index in [-0.39, 0.29) is 5.48 Å². The highest BCUT2D eigenvalue weighted by atomic mass is 16.4. The maximum absolute atomic E-state index is 10.1. The Morgan fingerprint density at radius 2 is 2.11 bits per heavy atom. The molecule has 0 aromatic carbocycles. The molecular weight excluding hydrogens is 126 g/mol. The monoisotopic (exact) mass is 131 g/mol. The van der Waals surface area contributed by atoms with E-state index in [1.165, 1.54) is 6.20 Å². The highest BCUT2D eigenvalue weighted by Crippen LogP contribution is 1.56. The summed E-state index contributed by atoms with van der Waals surface area (Å²) in [5.41, 5.74) is -0.631. The minimum Gasteiger partial charge on any atom is -0.412 e. The molecule has 3 N–H and O–H groups in total. The van der Waals surface area contributed by atoms with Crippen molar-refractivity contribution >= 4 is 0 Å². The lowest BCUT2D eigenvalue weighted by Gasteiger charge is -1.74. The maximum atomic E-state index is 10.1. The third kappa shape index (κ3) is 1.92. The molecular formula is C4H5NO4. The molecule has 0 amide bonds. The summed E-state index contributed by atoms with van der Waals surface area (Å²) in [7, 11) is 0. The van der Waals surface area contributed by atoms with Crippen molar-refractivity contribution in [2.45, 2.75) is 0 Å². The summed E-state index contributed by atoms with van der Waals surface area (Å²) in [4.78, 5) is 22.3. The van der Waals surface area contributed by atoms with Crippen molar-refractivity contribution < 1.29 is 9.89 Å². The van der Waals surface area contributed by atoms with Gasteiger partial charge in [-0.15, -0.1) is 0 Å². The van der Waals surface area contributed by atoms with Crippen LogP contribution in [0.2, 0.25) is 0 Å². The maximum Gasteiger partial charge on any atom is 0.419 e. The molecule has 1 aromatic heterocycles. The summed E-state index contributed by atoms with van der Waals surface area (Å²) in [5.74, 6) is -0.725. The number of hydrogen-bond donors (Lipinski definition) is 1. The Balaban J connectivity index is 0.000000640. The highest BCUT2D eigenvalue weighted by molar-refractivity contribution is 4.72. The van der Waals surface area contributed by atoms with E-state index in [1.54, 1.807) is 0 Å². The fourth-order valence-electron chi connectivity index (χ4n) is 0.333. The lowest BCUT2D eigenvalue weighted by Crippen LogP contribution is -2.10. The Labute approximate surface area is 49.3 Å². The Morgan fingerprint density at radius 1 is 1.44 bits per heavy atom. The molecule has 0 saturated heterocycles. The summed E-state index contributed by atoms with van der Waals surface area (Å²) >= 11 is 0. The Bertz CT molecular complexity index is 247. The van der Waals surface area contributed by atoms with Crippen molar-refractivity contribution in [1.29, 1.82) is 0 Å². The standard InChI is InChI=1S/C4H3NO3.H2O/c6-3-1-2-5-4(7)8-3;/h1-2H,(H,5,7);1H2. The molecule has 0 bridgehead atoms. The van der Waals surface area contributed by atoms with Gasteiger partial charge in [-0.1, -0.05) is 0 Å². The van der Waals surface area contributed by atoms with Crippen LogP contribution in [0.15, 0.2) is 26.3 Å². The zero-order valence-corrected chi connectivity index (χ0v) is 4.38. The van der Waals surface area contributed by atoms with E-state index in [9.17, 15) is 9.59 Å². The molecule has 0 atom stereocenters. The van der Waals surface area contributed by atoms with Crippen molar-refractivity contribution in [2.24, 2.45) is 0 Å². The first-order chi connectivity index (χ1) is 3.79. The second-order valence-electron chi connectivity index (χ2n) is 1.19. The third-order valence-corrected chi connectivity index (χ3v) is 0.614. The van der Waals surface area contributed by atoms with Crippen LogP contribution in [-0.2, 0) is 0 Å². The van der Waals surface area contributed by atoms with Gasteiger partial charge in [-0.3, -0.25) is 4.98 Å². The van der Waals surface area contributed by atoms with Crippen LogP contribution >= 0.6 is 0 Å². The van der Waals surface area contributed by atoms with Crippen molar-refractivity contribution in [3.05, 3.63) is 33.2 Å². The van der Waals surface area contributed by atoms with Gasteiger partial charge in [0.05, 0.1) is 0 Å². The first-order valence-corrected chi connectivity index (χ1v) is 1.98. The van der Waals surface area contributed by atoms with Crippen LogP contribution in [0.25, 0.3) is 0 Å². The number of hydrogen-bond acceptors (Lipinski definition) is 3. The quantitative estimate of drug-likeness (QED) is 0.464. The SMILES string of the molecule is O.O=c1cc[nH]c(=O)o1. The predicted octanol–water partition coefficient (Wildman–Crippen LogP) is -1.50. The molecule has 1 heterocycles. The topological polar surface area (TPSA) is 94.6 Å². The van der Waals surface area contributed by atoms with Crippen LogP contribution in [0.5, 0.6) is 0 Å². The fourth-order valence-corrected chi connectivity index (χ4v) is 0.333. The molecule has 5 nitrogen and oxygen atoms in total. The lowest BCUT2D eigenvalue weighted by molar-refractivity contribution is 0.449. The van der Waals surface area contributed by atoms with Gasteiger partial charge in [-0.25, -0.2) is 9.59 Å². The van der Waals surface area contributed by atoms with Gasteiger partial charge >= 0.3 is 11.4 Å². The predicted molar refractivity (Wildman–Crippen MR) is 29.2 cm³/mol. The van der Waals surface area contributed by atoms with Crippen molar-refractivity contribution in [1.82, 2.24) is 4.98 Å². The van der Waals surface area contributed by atoms with Crippen LogP contribution in [-0.4, -0.2) is 10.5 Å². The van der Waals surface area contributed by atoms with E-state index in [2.05, 4.69) is 9.40 Å². The van der Waals surface area contributed by atoms with Gasteiger partial charge in [-0.2, -0.15) is 0 Å². The average molecular weight is 131 g/mol. The van der Waals surface area contributed by atoms with E-state index >= 15 is 0 Å². The molecule has 0 aliphatic carbocycles. The molecule has 9 heavy (non-hydrogen) atoms. The molecule has 0 spiro atoms. The average Bonchev–Trinajstić information content (AvgIpc) is 1.64. The van der Waals surface area contributed by atoms with Gasteiger partial charge in [0.1, 0.15) is 0 Å². The molecule has 0 aliphatic rings. The largest absolute Gasteiger partial charge is 0.419 e. The van der Waals surface area contributed by atoms with Crippen LogP contribution in [0, 0.1) is 0 Å². The van der Waals surface area contributed by atoms with Crippen LogP contribution in [0.4, 0.5) is 0 Å². The Hall–Kier alpha value is -1.36. The first kappa shape index (κ1) is 7.64. The summed E-state index contributed by atoms with van der Waals surface area (Å²) in [5, 5.41) is 0. The van der Waals surface area contributed by atoms with Crippen LogP contribution < -0.4 is 11.4 Å².